The van der Waals surface area contributed by atoms with Gasteiger partial charge in [0, 0.05) is 0 Å². The van der Waals surface area contributed by atoms with Crippen LogP contribution in [0.4, 0.5) is 0 Å². The van der Waals surface area contributed by atoms with E-state index >= 15 is 0 Å². The Labute approximate surface area is 611 Å². The summed E-state index contributed by atoms with van der Waals surface area (Å²) in [4.78, 5) is 0. The molecule has 0 N–H and O–H groups in total. The Balaban J connectivity index is 0.000000233. The molecule has 15 rings (SSSR count). The molecule has 2 aromatic carbocycles. The fourth-order valence-corrected chi connectivity index (χ4v) is 22.2. The lowest BCUT2D eigenvalue weighted by Crippen LogP contribution is -2.47. The molecule has 13 aliphatic carbocycles. The summed E-state index contributed by atoms with van der Waals surface area (Å²) in [7, 11) is 0. The van der Waals surface area contributed by atoms with Crippen LogP contribution in [0.2, 0.25) is 0 Å². The first-order valence-electron chi connectivity index (χ1n) is 43.1. The van der Waals surface area contributed by atoms with Gasteiger partial charge in [-0.05, 0) is 327 Å². The van der Waals surface area contributed by atoms with E-state index in [2.05, 4.69) is 296 Å². The minimum absolute atomic E-state index is 0.861. The second-order valence-electron chi connectivity index (χ2n) is 39.0. The van der Waals surface area contributed by atoms with Crippen molar-refractivity contribution in [2.75, 3.05) is 0 Å². The molecule has 0 saturated heterocycles. The van der Waals surface area contributed by atoms with E-state index in [0.717, 1.165) is 213 Å². The summed E-state index contributed by atoms with van der Waals surface area (Å²) in [6.45, 7) is 80.6. The molecule has 11 fully saturated rings. The Hall–Kier alpha value is -1.82. The molecule has 0 heteroatoms. The van der Waals surface area contributed by atoms with Crippen LogP contribution in [0.5, 0.6) is 0 Å². The van der Waals surface area contributed by atoms with Crippen LogP contribution in [-0.2, 0) is 0 Å². The standard InChI is InChI=1S/C16H30.C12H22.C12H20.C11H20.C10H20.C9H18.C8H16.2C8H10.C3H8/c1-11-5-7-15(9-13(11)3)16-8-6-12(2)14(4)10-16;2*1-7-8(2)12-6-5-11(7)9(3)10(12)4;1-6-7(2)11-5-10(6)8(3)9(11)4;1-7-5-9(3)10(4)6-8(7)2;1-6-5-7(2)9(4)8(6)3;1-5-6(2)8(4)7(5)3;2*1-7-5-3-4-6-8(7)2;1-3-2/h11-16H,5-10H2,1-4H3;7-12H,5-6H2,1-4H3;5-12H,1-4H3;6-11H,5H2,1-4H3;7-10H,5-6H2,1-4H3;6-9H,5H2,1-4H3;5-8H,1-4H3;2*3-6H,1-2H3;3H2,1-2H3. The largest absolute Gasteiger partial charge is 0.0846 e. The van der Waals surface area contributed by atoms with Crippen LogP contribution in [0.25, 0.3) is 0 Å². The van der Waals surface area contributed by atoms with Crippen molar-refractivity contribution in [1.29, 1.82) is 0 Å². The zero-order chi connectivity index (χ0) is 73.4. The molecule has 26 atom stereocenters. The summed E-state index contributed by atoms with van der Waals surface area (Å²) >= 11 is 0. The molecule has 26 unspecified atom stereocenters. The monoisotopic (exact) mass is 1340 g/mol. The molecule has 562 valence electrons. The summed E-state index contributed by atoms with van der Waals surface area (Å²) in [6.07, 6.45) is 24.2. The Morgan fingerprint density at radius 2 is 0.433 bits per heavy atom. The Morgan fingerprint density at radius 1 is 0.216 bits per heavy atom. The van der Waals surface area contributed by atoms with Gasteiger partial charge in [-0.3, -0.25) is 0 Å². The third kappa shape index (κ3) is 23.6. The van der Waals surface area contributed by atoms with Gasteiger partial charge in [0.15, 0.2) is 0 Å². The van der Waals surface area contributed by atoms with Crippen LogP contribution >= 0.6 is 0 Å². The molecule has 0 amide bonds. The highest BCUT2D eigenvalue weighted by atomic mass is 14.6. The second-order valence-corrected chi connectivity index (χ2v) is 39.0. The quantitative estimate of drug-likeness (QED) is 0.250. The van der Waals surface area contributed by atoms with E-state index in [1.807, 2.05) is 0 Å². The van der Waals surface area contributed by atoms with E-state index in [0.29, 0.717) is 0 Å². The van der Waals surface area contributed by atoms with Crippen LogP contribution in [0.1, 0.15) is 313 Å². The summed E-state index contributed by atoms with van der Waals surface area (Å²) in [5.74, 6) is 35.2. The van der Waals surface area contributed by atoms with E-state index in [1.54, 1.807) is 0 Å². The smallest absolute Gasteiger partial charge is 0.0176 e. The lowest BCUT2D eigenvalue weighted by atomic mass is 9.52. The van der Waals surface area contributed by atoms with Gasteiger partial charge in [-0.1, -0.05) is 288 Å². The molecule has 0 heterocycles. The highest BCUT2D eigenvalue weighted by Crippen LogP contribution is 2.58. The number of fused-ring (bicyclic) bond motifs is 7. The van der Waals surface area contributed by atoms with Gasteiger partial charge in [0.05, 0.1) is 0 Å². The molecule has 11 saturated carbocycles. The van der Waals surface area contributed by atoms with E-state index in [4.69, 9.17) is 0 Å². The Kier molecular flexibility index (Phi) is 37.0. The van der Waals surface area contributed by atoms with Crippen molar-refractivity contribution in [1.82, 2.24) is 0 Å². The molecule has 0 spiro atoms. The van der Waals surface area contributed by atoms with Gasteiger partial charge in [0.25, 0.3) is 0 Å². The maximum Gasteiger partial charge on any atom is -0.0176 e. The van der Waals surface area contributed by atoms with Crippen molar-refractivity contribution in [3.8, 4) is 0 Å². The van der Waals surface area contributed by atoms with Crippen LogP contribution in [0, 0.1) is 241 Å². The number of hydrogen-bond donors (Lipinski definition) is 0. The molecule has 13 aliphatic rings. The maximum absolute atomic E-state index is 2.48. The lowest BCUT2D eigenvalue weighted by molar-refractivity contribution is -0.0466. The highest BCUT2D eigenvalue weighted by Gasteiger charge is 2.51. The van der Waals surface area contributed by atoms with Gasteiger partial charge in [-0.25, -0.2) is 0 Å². The van der Waals surface area contributed by atoms with Crippen molar-refractivity contribution in [2.24, 2.45) is 213 Å². The zero-order valence-electron chi connectivity index (χ0n) is 71.8. The van der Waals surface area contributed by atoms with Gasteiger partial charge < -0.3 is 0 Å². The first-order chi connectivity index (χ1) is 45.4. The van der Waals surface area contributed by atoms with Crippen LogP contribution < -0.4 is 0 Å². The molecule has 6 bridgehead atoms. The fraction of sp³-hybridized carbons (Fsp3) is 0.856. The third-order valence-electron chi connectivity index (χ3n) is 33.7. The van der Waals surface area contributed by atoms with Gasteiger partial charge in [0.1, 0.15) is 0 Å². The predicted octanol–water partition coefficient (Wildman–Crippen LogP) is 30.1. The van der Waals surface area contributed by atoms with E-state index in [9.17, 15) is 0 Å². The predicted molar refractivity (Wildman–Crippen MR) is 437 cm³/mol. The first kappa shape index (κ1) is 87.6. The van der Waals surface area contributed by atoms with Gasteiger partial charge in [-0.15, -0.1) is 0 Å². The van der Waals surface area contributed by atoms with Crippen molar-refractivity contribution in [3.63, 3.8) is 0 Å². The van der Waals surface area contributed by atoms with Crippen molar-refractivity contribution in [2.45, 2.75) is 319 Å². The Morgan fingerprint density at radius 3 is 0.629 bits per heavy atom. The van der Waals surface area contributed by atoms with Gasteiger partial charge in [0.2, 0.25) is 0 Å². The number of allylic oxidation sites excluding steroid dienone is 2. The number of rotatable bonds is 1. The van der Waals surface area contributed by atoms with Gasteiger partial charge >= 0.3 is 0 Å². The molecule has 0 aromatic heterocycles. The van der Waals surface area contributed by atoms with Crippen LogP contribution in [0.3, 0.4) is 0 Å². The summed E-state index contributed by atoms with van der Waals surface area (Å²) in [5, 5.41) is 0. The fourth-order valence-electron chi connectivity index (χ4n) is 22.2. The molecular weight excluding hydrogens is 1170 g/mol. The van der Waals surface area contributed by atoms with Gasteiger partial charge in [-0.2, -0.15) is 0 Å². The Bertz CT molecular complexity index is 2190. The lowest BCUT2D eigenvalue weighted by Gasteiger charge is -2.53. The zero-order valence-corrected chi connectivity index (χ0v) is 71.8. The summed E-state index contributed by atoms with van der Waals surface area (Å²) in [6, 6.07) is 16.7. The first-order valence-corrected chi connectivity index (χ1v) is 43.1. The average molecular weight is 1340 g/mol. The molecule has 0 radical (unpaired) electrons. The SMILES string of the molecule is CC1C(C)C(C)C1C.CC1C(C)C2C=CC1C(C)C2C.CC1C(C)C2CC1C(C)C2C.CC1C(C)C2CCC1C(C)C2C.CC1CC(C)C(C)C1C.CC1CC(C)C(C)CC1C.CC1CCC(C2CCC(C)C(C)C2)CC1C.CCC.Cc1ccccc1C.Cc1ccccc1C. The minimum Gasteiger partial charge on any atom is -0.0846 e. The minimum atomic E-state index is 0.861. The topological polar surface area (TPSA) is 0 Å². The third-order valence-corrected chi connectivity index (χ3v) is 33.7. The number of hydrogen-bond acceptors (Lipinski definition) is 0. The van der Waals surface area contributed by atoms with Crippen LogP contribution in [0.15, 0.2) is 60.7 Å². The van der Waals surface area contributed by atoms with Crippen molar-refractivity contribution in [3.05, 3.63) is 82.9 Å². The van der Waals surface area contributed by atoms with Crippen molar-refractivity contribution >= 4 is 0 Å². The molecule has 97 heavy (non-hydrogen) atoms. The number of aryl methyl sites for hydroxylation is 4. The maximum atomic E-state index is 2.48. The highest BCUT2D eigenvalue weighted by molar-refractivity contribution is 5.24. The summed E-state index contributed by atoms with van der Waals surface area (Å²) in [5.41, 5.74) is 5.47. The van der Waals surface area contributed by atoms with E-state index < -0.39 is 0 Å². The second kappa shape index (κ2) is 41.0. The van der Waals surface area contributed by atoms with Crippen LogP contribution in [-0.4, -0.2) is 0 Å². The molecule has 2 aromatic rings. The molecule has 0 aliphatic heterocycles. The summed E-state index contributed by atoms with van der Waals surface area (Å²) < 4.78 is 0. The normalized spacial score (nSPS) is 46.0. The average Bonchev–Trinajstić information content (AvgIpc) is 1.75. The number of benzene rings is 2. The van der Waals surface area contributed by atoms with Crippen molar-refractivity contribution < 1.29 is 0 Å². The molecule has 0 nitrogen and oxygen atoms in total. The van der Waals surface area contributed by atoms with E-state index in [1.165, 1.54) is 106 Å². The van der Waals surface area contributed by atoms with E-state index in [-0.39, 0.29) is 0 Å². The molecular formula is C97H174.